The quantitative estimate of drug-likeness (QED) is 0.501. The lowest BCUT2D eigenvalue weighted by atomic mass is 10.2. The van der Waals surface area contributed by atoms with Gasteiger partial charge in [0.25, 0.3) is 5.91 Å². The monoisotopic (exact) mass is 308 g/mol. The van der Waals surface area contributed by atoms with Crippen molar-refractivity contribution in [2.45, 2.75) is 0 Å². The van der Waals surface area contributed by atoms with Crippen molar-refractivity contribution >= 4 is 23.4 Å². The Morgan fingerprint density at radius 2 is 1.70 bits per heavy atom. The van der Waals surface area contributed by atoms with E-state index in [1.54, 1.807) is 18.2 Å². The Morgan fingerprint density at radius 1 is 1.04 bits per heavy atom. The van der Waals surface area contributed by atoms with Crippen LogP contribution in [0, 0.1) is 0 Å². The highest BCUT2D eigenvalue weighted by Gasteiger charge is 1.99. The molecule has 2 rings (SSSR count). The smallest absolute Gasteiger partial charge is 0.252 e. The zero-order chi connectivity index (χ0) is 16.7. The van der Waals surface area contributed by atoms with E-state index in [0.29, 0.717) is 5.69 Å². The van der Waals surface area contributed by atoms with Crippen LogP contribution in [0.2, 0.25) is 0 Å². The molecule has 0 aliphatic rings. The lowest BCUT2D eigenvalue weighted by molar-refractivity contribution is -0.112. The van der Waals surface area contributed by atoms with Crippen molar-refractivity contribution in [1.82, 2.24) is 0 Å². The molecule has 23 heavy (non-hydrogen) atoms. The first kappa shape index (κ1) is 16.4. The minimum absolute atomic E-state index is 0.102. The van der Waals surface area contributed by atoms with Gasteiger partial charge in [0, 0.05) is 31.5 Å². The van der Waals surface area contributed by atoms with E-state index in [0.717, 1.165) is 17.3 Å². The van der Waals surface area contributed by atoms with Gasteiger partial charge >= 0.3 is 0 Å². The van der Waals surface area contributed by atoms with E-state index < -0.39 is 0 Å². The van der Waals surface area contributed by atoms with E-state index in [9.17, 15) is 9.90 Å². The second kappa shape index (κ2) is 7.84. The van der Waals surface area contributed by atoms with E-state index in [-0.39, 0.29) is 11.7 Å². The van der Waals surface area contributed by atoms with Crippen molar-refractivity contribution in [2.24, 2.45) is 0 Å². The molecule has 0 saturated heterocycles. The van der Waals surface area contributed by atoms with E-state index in [1.165, 1.54) is 6.08 Å². The summed E-state index contributed by atoms with van der Waals surface area (Å²) in [4.78, 5) is 13.8. The number of carbonyl (C=O) groups is 1. The molecule has 2 N–H and O–H groups in total. The molecule has 0 radical (unpaired) electrons. The summed E-state index contributed by atoms with van der Waals surface area (Å²) in [5.41, 5.74) is 2.73. The Hall–Kier alpha value is -3.01. The van der Waals surface area contributed by atoms with Crippen LogP contribution in [0.4, 0.5) is 11.4 Å². The van der Waals surface area contributed by atoms with Crippen LogP contribution in [-0.4, -0.2) is 25.1 Å². The summed E-state index contributed by atoms with van der Waals surface area (Å²) in [5.74, 6) is -0.476. The molecule has 1 amide bonds. The summed E-state index contributed by atoms with van der Waals surface area (Å²) in [6, 6.07) is 17.0. The first-order chi connectivity index (χ1) is 11.0. The predicted octanol–water partition coefficient (Wildman–Crippen LogP) is 3.85. The Bertz CT molecular complexity index is 702. The van der Waals surface area contributed by atoms with Gasteiger partial charge in [0.2, 0.25) is 0 Å². The maximum Gasteiger partial charge on any atom is 0.252 e. The van der Waals surface area contributed by atoms with Gasteiger partial charge in [-0.05, 0) is 35.9 Å². The van der Waals surface area contributed by atoms with Crippen LogP contribution < -0.4 is 10.2 Å². The molecule has 0 heterocycles. The maximum atomic E-state index is 11.8. The number of rotatable bonds is 5. The molecule has 0 unspecified atom stereocenters. The van der Waals surface area contributed by atoms with Crippen LogP contribution in [0.1, 0.15) is 5.56 Å². The van der Waals surface area contributed by atoms with Crippen LogP contribution in [0.25, 0.3) is 6.08 Å². The SMILES string of the molecule is CN(C)c1ccc(/C=C/C(O)=C/C(=O)Nc2ccccc2)cc1. The zero-order valence-corrected chi connectivity index (χ0v) is 13.2. The minimum atomic E-state index is -0.374. The third-order valence-corrected chi connectivity index (χ3v) is 3.18. The van der Waals surface area contributed by atoms with Gasteiger partial charge in [0.15, 0.2) is 0 Å². The highest BCUT2D eigenvalue weighted by Crippen LogP contribution is 2.13. The van der Waals surface area contributed by atoms with Crippen LogP contribution in [0.5, 0.6) is 0 Å². The summed E-state index contributed by atoms with van der Waals surface area (Å²) in [6.45, 7) is 0. The van der Waals surface area contributed by atoms with Gasteiger partial charge in [-0.25, -0.2) is 0 Å². The number of hydrogen-bond acceptors (Lipinski definition) is 3. The lowest BCUT2D eigenvalue weighted by Gasteiger charge is -2.11. The first-order valence-corrected chi connectivity index (χ1v) is 7.27. The highest BCUT2D eigenvalue weighted by atomic mass is 16.3. The highest BCUT2D eigenvalue weighted by molar-refractivity contribution is 5.99. The summed E-state index contributed by atoms with van der Waals surface area (Å²) >= 11 is 0. The average molecular weight is 308 g/mol. The number of carbonyl (C=O) groups excluding carboxylic acids is 1. The summed E-state index contributed by atoms with van der Waals surface area (Å²) < 4.78 is 0. The number of aliphatic hydroxyl groups is 1. The number of hydrogen-bond donors (Lipinski definition) is 2. The van der Waals surface area contributed by atoms with E-state index in [1.807, 2.05) is 61.5 Å². The van der Waals surface area contributed by atoms with Crippen molar-refractivity contribution < 1.29 is 9.90 Å². The average Bonchev–Trinajstić information content (AvgIpc) is 2.54. The third-order valence-electron chi connectivity index (χ3n) is 3.18. The van der Waals surface area contributed by atoms with E-state index >= 15 is 0 Å². The molecule has 2 aromatic rings. The molecule has 4 nitrogen and oxygen atoms in total. The number of para-hydroxylation sites is 1. The predicted molar refractivity (Wildman–Crippen MR) is 95.6 cm³/mol. The first-order valence-electron chi connectivity index (χ1n) is 7.27. The largest absolute Gasteiger partial charge is 0.508 e. The molecule has 0 aromatic heterocycles. The van der Waals surface area contributed by atoms with Crippen molar-refractivity contribution in [3.05, 3.63) is 78.1 Å². The number of nitrogens with zero attached hydrogens (tertiary/aromatic N) is 1. The molecule has 4 heteroatoms. The van der Waals surface area contributed by atoms with E-state index in [4.69, 9.17) is 0 Å². The summed E-state index contributed by atoms with van der Waals surface area (Å²) in [7, 11) is 3.95. The molecule has 0 saturated carbocycles. The fraction of sp³-hybridized carbons (Fsp3) is 0.105. The third kappa shape index (κ3) is 5.36. The van der Waals surface area contributed by atoms with Crippen LogP contribution in [0.15, 0.2) is 72.5 Å². The molecule has 0 fully saturated rings. The number of aliphatic hydroxyl groups excluding tert-OH is 1. The Kier molecular flexibility index (Phi) is 5.58. The number of amides is 1. The normalized spacial score (nSPS) is 11.5. The Morgan fingerprint density at radius 3 is 2.30 bits per heavy atom. The molecule has 2 aromatic carbocycles. The molecule has 0 atom stereocenters. The number of allylic oxidation sites excluding steroid dienone is 1. The van der Waals surface area contributed by atoms with Crippen LogP contribution in [-0.2, 0) is 4.79 Å². The van der Waals surface area contributed by atoms with Gasteiger partial charge in [-0.2, -0.15) is 0 Å². The Balaban J connectivity index is 1.97. The maximum absolute atomic E-state index is 11.8. The number of benzene rings is 2. The second-order valence-electron chi connectivity index (χ2n) is 5.24. The summed E-state index contributed by atoms with van der Waals surface area (Å²) in [5, 5.41) is 12.5. The number of anilines is 2. The number of nitrogens with one attached hydrogen (secondary N) is 1. The van der Waals surface area contributed by atoms with Crippen LogP contribution >= 0.6 is 0 Å². The van der Waals surface area contributed by atoms with Crippen LogP contribution in [0.3, 0.4) is 0 Å². The molecule has 0 aliphatic heterocycles. The van der Waals surface area contributed by atoms with Gasteiger partial charge in [0.1, 0.15) is 5.76 Å². The van der Waals surface area contributed by atoms with Crippen molar-refractivity contribution in [3.63, 3.8) is 0 Å². The molecule has 0 spiro atoms. The molecule has 0 aliphatic carbocycles. The topological polar surface area (TPSA) is 52.6 Å². The van der Waals surface area contributed by atoms with Gasteiger partial charge in [-0.15, -0.1) is 0 Å². The van der Waals surface area contributed by atoms with Crippen molar-refractivity contribution in [1.29, 1.82) is 0 Å². The molecular weight excluding hydrogens is 288 g/mol. The lowest BCUT2D eigenvalue weighted by Crippen LogP contribution is -2.08. The fourth-order valence-electron chi connectivity index (χ4n) is 1.95. The zero-order valence-electron chi connectivity index (χ0n) is 13.2. The second-order valence-corrected chi connectivity index (χ2v) is 5.24. The van der Waals surface area contributed by atoms with Gasteiger partial charge in [-0.1, -0.05) is 36.4 Å². The van der Waals surface area contributed by atoms with Crippen molar-refractivity contribution in [2.75, 3.05) is 24.3 Å². The van der Waals surface area contributed by atoms with Gasteiger partial charge in [-0.3, -0.25) is 4.79 Å². The Labute approximate surface area is 136 Å². The van der Waals surface area contributed by atoms with Gasteiger partial charge in [0.05, 0.1) is 0 Å². The molecular formula is C19H20N2O2. The molecule has 0 bridgehead atoms. The minimum Gasteiger partial charge on any atom is -0.508 e. The van der Waals surface area contributed by atoms with Gasteiger partial charge < -0.3 is 15.3 Å². The molecule has 118 valence electrons. The summed E-state index contributed by atoms with van der Waals surface area (Å²) in [6.07, 6.45) is 4.40. The standard InChI is InChI=1S/C19H20N2O2/c1-21(2)17-11-8-15(9-12-17)10-13-18(22)14-19(23)20-16-6-4-3-5-7-16/h3-14,22H,1-2H3,(H,20,23)/b13-10+,18-14-. The van der Waals surface area contributed by atoms with E-state index in [2.05, 4.69) is 5.32 Å². The fourth-order valence-corrected chi connectivity index (χ4v) is 1.95. The van der Waals surface area contributed by atoms with Crippen molar-refractivity contribution in [3.8, 4) is 0 Å².